The van der Waals surface area contributed by atoms with Gasteiger partial charge in [0.1, 0.15) is 0 Å². The molecule has 0 fully saturated rings. The van der Waals surface area contributed by atoms with Crippen LogP contribution in [0.1, 0.15) is 0 Å². The van der Waals surface area contributed by atoms with Crippen LogP contribution in [-0.4, -0.2) is 15.0 Å². The molecule has 0 N–H and O–H groups in total. The summed E-state index contributed by atoms with van der Waals surface area (Å²) < 4.78 is 7.92. The highest BCUT2D eigenvalue weighted by atomic mass is 32.1. The molecule has 0 unspecified atom stereocenters. The Balaban J connectivity index is 0.000000108. The number of rotatable bonds is 13. The molecule has 30 aromatic rings. The molecular formula is C143H89N3S3. The highest BCUT2D eigenvalue weighted by Crippen LogP contribution is 2.52. The van der Waals surface area contributed by atoms with Gasteiger partial charge in [-0.05, 0) is 223 Å². The van der Waals surface area contributed by atoms with Gasteiger partial charge in [-0.3, -0.25) is 15.0 Å². The van der Waals surface area contributed by atoms with E-state index in [0.717, 1.165) is 44.9 Å². The third kappa shape index (κ3) is 15.8. The zero-order chi connectivity index (χ0) is 98.4. The number of pyridine rings is 3. The predicted octanol–water partition coefficient (Wildman–Crippen LogP) is 41.2. The summed E-state index contributed by atoms with van der Waals surface area (Å²) in [5.41, 5.74) is 30.6. The number of thiophene rings is 3. The van der Waals surface area contributed by atoms with Crippen LogP contribution in [0.4, 0.5) is 0 Å². The number of fused-ring (bicyclic) bond motifs is 19. The topological polar surface area (TPSA) is 38.7 Å². The summed E-state index contributed by atoms with van der Waals surface area (Å²) in [6.45, 7) is 0. The van der Waals surface area contributed by atoms with Gasteiger partial charge in [-0.1, -0.05) is 479 Å². The number of aromatic nitrogens is 3. The lowest BCUT2D eigenvalue weighted by atomic mass is 9.86. The first-order valence-electron chi connectivity index (χ1n) is 50.8. The summed E-state index contributed by atoms with van der Waals surface area (Å²) in [5, 5.41) is 27.9. The number of nitrogens with zero attached hydrogens (tertiary/aromatic N) is 3. The van der Waals surface area contributed by atoms with Crippen LogP contribution < -0.4 is 0 Å². The van der Waals surface area contributed by atoms with E-state index in [1.165, 1.54) is 247 Å². The molecule has 149 heavy (non-hydrogen) atoms. The Morgan fingerprint density at radius 3 is 0.792 bits per heavy atom. The number of hydrogen-bond acceptors (Lipinski definition) is 6. The predicted molar refractivity (Wildman–Crippen MR) is 642 cm³/mol. The van der Waals surface area contributed by atoms with Crippen LogP contribution in [-0.2, 0) is 0 Å². The molecule has 0 saturated carbocycles. The molecule has 0 bridgehead atoms. The molecule has 30 rings (SSSR count). The van der Waals surface area contributed by atoms with E-state index in [4.69, 9.17) is 15.0 Å². The third-order valence-corrected chi connectivity index (χ3v) is 33.6. The summed E-state index contributed by atoms with van der Waals surface area (Å²) in [6, 6.07) is 189. The summed E-state index contributed by atoms with van der Waals surface area (Å²) in [4.78, 5) is 15.3. The van der Waals surface area contributed by atoms with E-state index in [1.54, 1.807) is 0 Å². The molecule has 24 aromatic carbocycles. The molecule has 0 aliphatic rings. The lowest BCUT2D eigenvalue weighted by Gasteiger charge is -2.18. The monoisotopic (exact) mass is 1940 g/mol. The van der Waals surface area contributed by atoms with Gasteiger partial charge < -0.3 is 0 Å². The van der Waals surface area contributed by atoms with E-state index in [-0.39, 0.29) is 0 Å². The number of benzene rings is 24. The van der Waals surface area contributed by atoms with Crippen LogP contribution in [0.2, 0.25) is 0 Å². The van der Waals surface area contributed by atoms with Gasteiger partial charge in [0.25, 0.3) is 0 Å². The maximum atomic E-state index is 5.15. The molecule has 3 nitrogen and oxygen atoms in total. The van der Waals surface area contributed by atoms with Crippen molar-refractivity contribution in [3.63, 3.8) is 0 Å². The van der Waals surface area contributed by atoms with Gasteiger partial charge in [-0.2, -0.15) is 0 Å². The minimum Gasteiger partial charge on any atom is -0.256 e. The van der Waals surface area contributed by atoms with Gasteiger partial charge in [-0.25, -0.2) is 0 Å². The number of hydrogen-bond donors (Lipinski definition) is 0. The third-order valence-electron chi connectivity index (χ3n) is 30.0. The smallest absolute Gasteiger partial charge is 0.0716 e. The zero-order valence-electron chi connectivity index (χ0n) is 81.0. The van der Waals surface area contributed by atoms with Gasteiger partial charge in [-0.15, -0.1) is 34.0 Å². The van der Waals surface area contributed by atoms with E-state index >= 15 is 0 Å². The van der Waals surface area contributed by atoms with Crippen LogP contribution in [0.3, 0.4) is 0 Å². The second kappa shape index (κ2) is 37.6. The minimum absolute atomic E-state index is 0.966. The fraction of sp³-hybridized carbons (Fsp3) is 0. The zero-order valence-corrected chi connectivity index (χ0v) is 83.4. The van der Waals surface area contributed by atoms with E-state index in [1.807, 2.05) is 40.2 Å². The Morgan fingerprint density at radius 1 is 0.121 bits per heavy atom. The van der Waals surface area contributed by atoms with E-state index in [9.17, 15) is 0 Å². The van der Waals surface area contributed by atoms with Gasteiger partial charge in [0.2, 0.25) is 0 Å². The van der Waals surface area contributed by atoms with Gasteiger partial charge >= 0.3 is 0 Å². The average molecular weight is 1950 g/mol. The lowest BCUT2D eigenvalue weighted by Crippen LogP contribution is -1.92. The summed E-state index contributed by atoms with van der Waals surface area (Å²) in [6.07, 6.45) is 6.17. The average Bonchev–Trinajstić information content (AvgIpc) is 1.72. The van der Waals surface area contributed by atoms with Crippen molar-refractivity contribution < 1.29 is 0 Å². The van der Waals surface area contributed by atoms with Crippen LogP contribution >= 0.6 is 34.0 Å². The van der Waals surface area contributed by atoms with Crippen LogP contribution in [0.5, 0.6) is 0 Å². The van der Waals surface area contributed by atoms with Crippen LogP contribution in [0, 0.1) is 0 Å². The van der Waals surface area contributed by atoms with Crippen molar-refractivity contribution in [1.29, 1.82) is 0 Å². The van der Waals surface area contributed by atoms with Crippen LogP contribution in [0.15, 0.2) is 540 Å². The molecule has 6 heteroatoms. The van der Waals surface area contributed by atoms with E-state index in [2.05, 4.69) is 534 Å². The van der Waals surface area contributed by atoms with E-state index < -0.39 is 0 Å². The van der Waals surface area contributed by atoms with Crippen LogP contribution in [0.25, 0.3) is 292 Å². The molecule has 694 valence electrons. The van der Waals surface area contributed by atoms with E-state index in [0.29, 0.717) is 0 Å². The maximum Gasteiger partial charge on any atom is 0.0716 e. The SMILES string of the molecule is c1ccc(-c2ccc(-c3c4ccccc4c(-c4ccc(-c5ccc(-c6ccc7sc8ccccc8c7c6)cc5)nc4)c4ccccc34)cc2)cc1.c1ccc(-c2ccc(-c3c4ccccc4c(-c4ccc(-c5ccc6c(c5)sc5c7ccccc7ccc65)nc4)c4ccccc34)cc2)cc1.c1ccc(-c2ccc(-c3c4ccccc4c(-c4ccc(-c5cccc6c5sc5c7ccccc7ccc65)nc4)c4ccccc34)cc2)cc1. The highest BCUT2D eigenvalue weighted by Gasteiger charge is 2.25. The van der Waals surface area contributed by atoms with Crippen molar-refractivity contribution in [2.75, 3.05) is 0 Å². The normalized spacial score (nSPS) is 11.6. The molecule has 6 aromatic heterocycles. The van der Waals surface area contributed by atoms with Crippen molar-refractivity contribution in [2.24, 2.45) is 0 Å². The molecule has 0 aliphatic heterocycles. The standard InChI is InChI=1S/C49H31NS.2C47H29NS/c1-2-10-32(11-3-1)33-20-24-36(25-21-33)48-40-13-4-6-15-42(40)49(43-16-7-5-14-41(43)48)38-26-28-45(50-31-38)35-22-18-34(19-23-35)37-27-29-47-44(30-37)39-12-8-9-17-46(39)51-47;1-2-11-30(12-3-1)31-21-23-33(24-22-31)44-36-15-6-8-17-38(36)45(39-18-9-7-16-37(39)44)34-26-28-43(48-29-34)42-20-10-19-40-41-27-25-32-13-4-5-14-35(32)46(41)49-47(40)42;1-2-10-30(11-3-1)31-18-20-33(21-19-31)45-38-14-6-8-16-40(38)46(41-17-9-7-15-39(41)45)35-24-27-43(48-29-35)34-23-25-37-42-26-22-32-12-4-5-13-36(32)47(42)49-44(37)28-34/h1-31H;2*1-29H. The molecule has 0 amide bonds. The Morgan fingerprint density at radius 2 is 0.389 bits per heavy atom. The summed E-state index contributed by atoms with van der Waals surface area (Å²) in [7, 11) is 0. The molecule has 0 radical (unpaired) electrons. The minimum atomic E-state index is 0.966. The second-order valence-electron chi connectivity index (χ2n) is 38.5. The molecule has 0 saturated heterocycles. The first kappa shape index (κ1) is 88.2. The van der Waals surface area contributed by atoms with Crippen molar-refractivity contribution >= 4 is 181 Å². The molecule has 6 heterocycles. The molecule has 0 spiro atoms. The quantitative estimate of drug-likeness (QED) is 0.108. The molecular weight excluding hydrogens is 1860 g/mol. The van der Waals surface area contributed by atoms with Crippen molar-refractivity contribution in [3.8, 4) is 145 Å². The van der Waals surface area contributed by atoms with Crippen molar-refractivity contribution in [1.82, 2.24) is 15.0 Å². The Kier molecular flexibility index (Phi) is 22.2. The Labute approximate surface area is 873 Å². The fourth-order valence-electron chi connectivity index (χ4n) is 22.9. The molecule has 0 aliphatic carbocycles. The Bertz CT molecular complexity index is 10300. The van der Waals surface area contributed by atoms with Gasteiger partial charge in [0, 0.05) is 112 Å². The molecule has 0 atom stereocenters. The summed E-state index contributed by atoms with van der Waals surface area (Å²) >= 11 is 5.61. The van der Waals surface area contributed by atoms with Crippen molar-refractivity contribution in [3.05, 3.63) is 540 Å². The van der Waals surface area contributed by atoms with Gasteiger partial charge in [0.05, 0.1) is 17.1 Å². The Hall–Kier alpha value is -18.5. The maximum absolute atomic E-state index is 5.15. The largest absolute Gasteiger partial charge is 0.256 e. The first-order valence-corrected chi connectivity index (χ1v) is 53.2. The van der Waals surface area contributed by atoms with Gasteiger partial charge in [0.15, 0.2) is 0 Å². The summed E-state index contributed by atoms with van der Waals surface area (Å²) in [5.74, 6) is 0. The second-order valence-corrected chi connectivity index (χ2v) is 41.6. The highest BCUT2D eigenvalue weighted by molar-refractivity contribution is 7.27. The fourth-order valence-corrected chi connectivity index (χ4v) is 26.6. The lowest BCUT2D eigenvalue weighted by molar-refractivity contribution is 1.33. The first-order chi connectivity index (χ1) is 73.9. The van der Waals surface area contributed by atoms with Crippen molar-refractivity contribution in [2.45, 2.75) is 0 Å².